The zero-order chi connectivity index (χ0) is 17.1. The van der Waals surface area contributed by atoms with E-state index in [1.165, 1.54) is 89.9 Å². The van der Waals surface area contributed by atoms with Crippen molar-refractivity contribution in [2.75, 3.05) is 12.4 Å². The Morgan fingerprint density at radius 3 is 1.42 bits per heavy atom. The van der Waals surface area contributed by atoms with E-state index >= 15 is 0 Å². The Balaban J connectivity index is 1.70. The number of benzene rings is 1. The quantitative estimate of drug-likeness (QED) is 0.227. The van der Waals surface area contributed by atoms with Gasteiger partial charge in [0.05, 0.1) is 6.61 Å². The van der Waals surface area contributed by atoms with Gasteiger partial charge in [-0.25, -0.2) is 0 Å². The topological polar surface area (TPSA) is 9.23 Å². The Hall–Kier alpha value is -0.630. The van der Waals surface area contributed by atoms with Crippen molar-refractivity contribution in [2.24, 2.45) is 0 Å². The second-order valence-corrected chi connectivity index (χ2v) is 7.28. The summed E-state index contributed by atoms with van der Waals surface area (Å²) in [5.74, 6) is 2.05. The third-order valence-electron chi connectivity index (χ3n) is 4.56. The molecule has 0 saturated carbocycles. The first kappa shape index (κ1) is 21.4. The predicted octanol–water partition coefficient (Wildman–Crippen LogP) is 7.46. The molecule has 0 aliphatic carbocycles. The van der Waals surface area contributed by atoms with E-state index in [9.17, 15) is 0 Å². The van der Waals surface area contributed by atoms with Gasteiger partial charge in [-0.2, -0.15) is 12.6 Å². The van der Waals surface area contributed by atoms with Crippen LogP contribution in [0.5, 0.6) is 5.75 Å². The van der Waals surface area contributed by atoms with Gasteiger partial charge in [0.15, 0.2) is 0 Å². The van der Waals surface area contributed by atoms with Crippen LogP contribution >= 0.6 is 12.6 Å². The van der Waals surface area contributed by atoms with Crippen molar-refractivity contribution in [1.29, 1.82) is 0 Å². The smallest absolute Gasteiger partial charge is 0.119 e. The lowest BCUT2D eigenvalue weighted by Gasteiger charge is -2.06. The summed E-state index contributed by atoms with van der Waals surface area (Å²) >= 11 is 4.25. The summed E-state index contributed by atoms with van der Waals surface area (Å²) in [6.45, 7) is 0.859. The molecule has 0 spiro atoms. The normalized spacial score (nSPS) is 10.9. The third-order valence-corrected chi connectivity index (χ3v) is 4.88. The monoisotopic (exact) mass is 350 g/mol. The first-order chi connectivity index (χ1) is 11.9. The first-order valence-electron chi connectivity index (χ1n) is 10.2. The van der Waals surface area contributed by atoms with Crippen LogP contribution in [-0.4, -0.2) is 12.4 Å². The standard InChI is InChI=1S/C22H38OS/c24-21-17-12-10-8-6-4-2-1-3-5-7-9-11-16-20-23-22-18-14-13-15-19-22/h13-15,18-19,24H,1-12,16-17,20-21H2. The number of hydrogen-bond acceptors (Lipinski definition) is 2. The highest BCUT2D eigenvalue weighted by Crippen LogP contribution is 2.14. The van der Waals surface area contributed by atoms with Gasteiger partial charge in [0.25, 0.3) is 0 Å². The van der Waals surface area contributed by atoms with Crippen molar-refractivity contribution in [3.63, 3.8) is 0 Å². The lowest BCUT2D eigenvalue weighted by atomic mass is 10.0. The van der Waals surface area contributed by atoms with Crippen LogP contribution in [0.4, 0.5) is 0 Å². The molecule has 1 aromatic rings. The lowest BCUT2D eigenvalue weighted by Crippen LogP contribution is -1.96. The summed E-state index contributed by atoms with van der Waals surface area (Å²) in [4.78, 5) is 0. The zero-order valence-corrected chi connectivity index (χ0v) is 16.5. The van der Waals surface area contributed by atoms with E-state index < -0.39 is 0 Å². The number of rotatable bonds is 17. The highest BCUT2D eigenvalue weighted by atomic mass is 32.1. The fourth-order valence-electron chi connectivity index (χ4n) is 3.04. The van der Waals surface area contributed by atoms with Crippen molar-refractivity contribution in [3.05, 3.63) is 30.3 Å². The van der Waals surface area contributed by atoms with Crippen LogP contribution in [0.25, 0.3) is 0 Å². The van der Waals surface area contributed by atoms with E-state index in [-0.39, 0.29) is 0 Å². The van der Waals surface area contributed by atoms with Gasteiger partial charge in [0.1, 0.15) is 5.75 Å². The Labute approximate surface area is 156 Å². The summed E-state index contributed by atoms with van der Waals surface area (Å²) in [6.07, 6.45) is 19.4. The molecule has 138 valence electrons. The molecule has 0 N–H and O–H groups in total. The molecule has 0 bridgehead atoms. The van der Waals surface area contributed by atoms with Crippen molar-refractivity contribution in [3.8, 4) is 5.75 Å². The second-order valence-electron chi connectivity index (χ2n) is 6.83. The number of unbranched alkanes of at least 4 members (excludes halogenated alkanes) is 13. The Morgan fingerprint density at radius 1 is 0.542 bits per heavy atom. The van der Waals surface area contributed by atoms with E-state index in [1.54, 1.807) is 0 Å². The van der Waals surface area contributed by atoms with Gasteiger partial charge in [-0.05, 0) is 30.7 Å². The maximum absolute atomic E-state index is 5.72. The average Bonchev–Trinajstić information content (AvgIpc) is 2.62. The fraction of sp³-hybridized carbons (Fsp3) is 0.727. The molecule has 1 aromatic carbocycles. The lowest BCUT2D eigenvalue weighted by molar-refractivity contribution is 0.304. The van der Waals surface area contributed by atoms with Gasteiger partial charge < -0.3 is 4.74 Å². The molecule has 0 radical (unpaired) electrons. The molecule has 0 aromatic heterocycles. The molecule has 1 nitrogen and oxygen atoms in total. The van der Waals surface area contributed by atoms with Crippen LogP contribution in [0.1, 0.15) is 89.9 Å². The molecule has 24 heavy (non-hydrogen) atoms. The van der Waals surface area contributed by atoms with Gasteiger partial charge in [0, 0.05) is 0 Å². The number of para-hydroxylation sites is 1. The average molecular weight is 351 g/mol. The van der Waals surface area contributed by atoms with Crippen molar-refractivity contribution in [2.45, 2.75) is 89.9 Å². The summed E-state index contributed by atoms with van der Waals surface area (Å²) in [5, 5.41) is 0. The second kappa shape index (κ2) is 17.2. The highest BCUT2D eigenvalue weighted by Gasteiger charge is 1.95. The van der Waals surface area contributed by atoms with E-state index in [4.69, 9.17) is 4.74 Å². The van der Waals surface area contributed by atoms with Crippen molar-refractivity contribution in [1.82, 2.24) is 0 Å². The molecule has 0 atom stereocenters. The molecule has 0 aliphatic rings. The Bertz CT molecular complexity index is 352. The molecular formula is C22H38OS. The fourth-order valence-corrected chi connectivity index (χ4v) is 3.27. The van der Waals surface area contributed by atoms with Crippen LogP contribution in [0.2, 0.25) is 0 Å². The van der Waals surface area contributed by atoms with Gasteiger partial charge in [-0.1, -0.05) is 95.2 Å². The molecule has 0 amide bonds. The maximum atomic E-state index is 5.72. The van der Waals surface area contributed by atoms with E-state index in [0.29, 0.717) is 0 Å². The molecule has 0 heterocycles. The van der Waals surface area contributed by atoms with Crippen LogP contribution < -0.4 is 4.74 Å². The Morgan fingerprint density at radius 2 is 0.958 bits per heavy atom. The number of ether oxygens (including phenoxy) is 1. The summed E-state index contributed by atoms with van der Waals surface area (Å²) < 4.78 is 5.72. The minimum absolute atomic E-state index is 0.859. The van der Waals surface area contributed by atoms with Crippen molar-refractivity contribution < 1.29 is 4.74 Å². The SMILES string of the molecule is SCCCCCCCCCCCCCCCCOc1ccccc1. The number of thiol groups is 1. The van der Waals surface area contributed by atoms with Crippen LogP contribution in [-0.2, 0) is 0 Å². The molecule has 0 fully saturated rings. The van der Waals surface area contributed by atoms with E-state index in [2.05, 4.69) is 12.6 Å². The minimum atomic E-state index is 0.859. The van der Waals surface area contributed by atoms with Crippen LogP contribution in [0.3, 0.4) is 0 Å². The zero-order valence-electron chi connectivity index (χ0n) is 15.6. The number of hydrogen-bond donors (Lipinski definition) is 1. The summed E-state index contributed by atoms with van der Waals surface area (Å²) in [5.41, 5.74) is 0. The third kappa shape index (κ3) is 13.8. The molecular weight excluding hydrogens is 312 g/mol. The van der Waals surface area contributed by atoms with E-state index in [1.807, 2.05) is 30.3 Å². The van der Waals surface area contributed by atoms with Crippen LogP contribution in [0, 0.1) is 0 Å². The molecule has 0 saturated heterocycles. The van der Waals surface area contributed by atoms with E-state index in [0.717, 1.165) is 18.1 Å². The maximum Gasteiger partial charge on any atom is 0.119 e. The van der Waals surface area contributed by atoms with Gasteiger partial charge in [0.2, 0.25) is 0 Å². The predicted molar refractivity (Wildman–Crippen MR) is 110 cm³/mol. The molecule has 1 rings (SSSR count). The van der Waals surface area contributed by atoms with Gasteiger partial charge in [-0.15, -0.1) is 0 Å². The molecule has 0 aliphatic heterocycles. The van der Waals surface area contributed by atoms with Crippen LogP contribution in [0.15, 0.2) is 30.3 Å². The summed E-state index contributed by atoms with van der Waals surface area (Å²) in [7, 11) is 0. The highest BCUT2D eigenvalue weighted by molar-refractivity contribution is 7.80. The Kier molecular flexibility index (Phi) is 15.3. The largest absolute Gasteiger partial charge is 0.494 e. The van der Waals surface area contributed by atoms with Gasteiger partial charge in [-0.3, -0.25) is 0 Å². The molecule has 0 unspecified atom stereocenters. The first-order valence-corrected chi connectivity index (χ1v) is 10.9. The minimum Gasteiger partial charge on any atom is -0.494 e. The molecule has 2 heteroatoms. The van der Waals surface area contributed by atoms with Crippen molar-refractivity contribution >= 4 is 12.6 Å². The summed E-state index contributed by atoms with van der Waals surface area (Å²) in [6, 6.07) is 10.1. The van der Waals surface area contributed by atoms with Gasteiger partial charge >= 0.3 is 0 Å².